The molecule has 0 aliphatic carbocycles. The van der Waals surface area contributed by atoms with Gasteiger partial charge in [-0.05, 0) is 0 Å². The summed E-state index contributed by atoms with van der Waals surface area (Å²) < 4.78 is 34.3. The van der Waals surface area contributed by atoms with Crippen LogP contribution in [0.5, 0.6) is 0 Å². The molecule has 0 rings (SSSR count). The molecule has 10 heteroatoms. The first-order chi connectivity index (χ1) is 2.00. The molecule has 64 valence electrons. The van der Waals surface area contributed by atoms with Gasteiger partial charge in [0.1, 0.15) is 0 Å². The molecular formula is H2CoF2LiMnNiO4+3. The minimum absolute atomic E-state index is 0. The molecule has 0 aromatic rings. The van der Waals surface area contributed by atoms with Crippen molar-refractivity contribution in [3.63, 3.8) is 0 Å². The predicted molar refractivity (Wildman–Crippen MR) is 6.38 cm³/mol. The number of hydrogen-bond donors (Lipinski definition) is 0. The molecule has 0 saturated heterocycles. The molecule has 10 heavy (non-hydrogen) atoms. The van der Waals surface area contributed by atoms with Gasteiger partial charge in [-0.1, -0.05) is 0 Å². The van der Waals surface area contributed by atoms with E-state index in [0.717, 1.165) is 0 Å². The van der Waals surface area contributed by atoms with Gasteiger partial charge in [-0.25, -0.2) is 0 Å². The molecule has 0 aliphatic heterocycles. The molecule has 0 spiro atoms. The molecule has 0 bridgehead atoms. The van der Waals surface area contributed by atoms with Gasteiger partial charge in [0.15, 0.2) is 0 Å². The van der Waals surface area contributed by atoms with Gasteiger partial charge in [-0.15, -0.1) is 0 Å². The molecule has 1 radical (unpaired) electrons. The van der Waals surface area contributed by atoms with E-state index in [4.69, 9.17) is 16.0 Å². The van der Waals surface area contributed by atoms with Gasteiger partial charge < -0.3 is 0 Å². The molecule has 0 aromatic heterocycles. The van der Waals surface area contributed by atoms with Crippen molar-refractivity contribution in [1.82, 2.24) is 0 Å². The zero-order valence-electron chi connectivity index (χ0n) is 4.48. The van der Waals surface area contributed by atoms with Crippen molar-refractivity contribution in [2.24, 2.45) is 0 Å². The molecule has 4 nitrogen and oxygen atoms in total. The summed E-state index contributed by atoms with van der Waals surface area (Å²) in [7, 11) is 0. The summed E-state index contributed by atoms with van der Waals surface area (Å²) in [5.41, 5.74) is 0. The summed E-state index contributed by atoms with van der Waals surface area (Å²) in [6.45, 7) is 0. The number of rotatable bonds is 0. The van der Waals surface area contributed by atoms with Crippen LogP contribution in [0.25, 0.3) is 0 Å². The summed E-state index contributed by atoms with van der Waals surface area (Å²) in [6.07, 6.45) is 0. The molecule has 0 N–H and O–H groups in total. The van der Waals surface area contributed by atoms with E-state index in [1.807, 2.05) is 0 Å². The molecular weight excluding hydrogens is 281 g/mol. The van der Waals surface area contributed by atoms with Crippen molar-refractivity contribution in [1.29, 1.82) is 0 Å². The van der Waals surface area contributed by atoms with Gasteiger partial charge in [0.2, 0.25) is 0 Å². The van der Waals surface area contributed by atoms with E-state index in [-0.39, 0.29) is 61.5 Å². The van der Waals surface area contributed by atoms with E-state index in [1.165, 1.54) is 0 Å². The van der Waals surface area contributed by atoms with E-state index in [0.29, 0.717) is 0 Å². The van der Waals surface area contributed by atoms with Gasteiger partial charge >= 0.3 is 81.5 Å². The van der Waals surface area contributed by atoms with Gasteiger partial charge in [-0.2, -0.15) is 0 Å². The number of hydrogen-bond acceptors (Lipinski definition) is 4. The van der Waals surface area contributed by atoms with Crippen LogP contribution in [0.4, 0.5) is 9.41 Å². The summed E-state index contributed by atoms with van der Waals surface area (Å²) in [6, 6.07) is 0. The molecule has 0 fully saturated rings. The van der Waals surface area contributed by atoms with Crippen molar-refractivity contribution in [3.8, 4) is 0 Å². The SMILES string of the molecule is F.F.[Co+2].[Li+].[Ni+2].[O]=[Mn](=[O])([O-])[O-]. The minimum atomic E-state index is -5.62. The zero-order chi connectivity index (χ0) is 4.50. The average Bonchev–Trinajstić information content (AvgIpc) is 0.722. The fourth-order valence-corrected chi connectivity index (χ4v) is 0. The standard InChI is InChI=1S/Co.2FH.Li.Mn.Ni.4O/h;2*1H;;;;;;;/q+2;;;+1;;+2;;;2*-1. The van der Waals surface area contributed by atoms with Crippen LogP contribution in [0, 0.1) is 0 Å². The first-order valence-corrected chi connectivity index (χ1v) is 2.54. The molecule has 0 saturated carbocycles. The maximum atomic E-state index is 8.58. The molecule has 0 unspecified atom stereocenters. The second-order valence-corrected chi connectivity index (χ2v) is 1.56. The maximum absolute atomic E-state index is 8.58. The van der Waals surface area contributed by atoms with Crippen LogP contribution in [0.1, 0.15) is 0 Å². The third kappa shape index (κ3) is 306. The van der Waals surface area contributed by atoms with Crippen molar-refractivity contribution in [3.05, 3.63) is 0 Å². The molecule has 0 heterocycles. The van der Waals surface area contributed by atoms with E-state index >= 15 is 0 Å². The zero-order valence-corrected chi connectivity index (χ0v) is 7.69. The van der Waals surface area contributed by atoms with Crippen LogP contribution in [-0.4, -0.2) is 0 Å². The summed E-state index contributed by atoms with van der Waals surface area (Å²) >= 11 is -5.62. The quantitative estimate of drug-likeness (QED) is 0.416. The summed E-state index contributed by atoms with van der Waals surface area (Å²) in [5, 5.41) is 0. The second-order valence-electron chi connectivity index (χ2n) is 0.378. The molecule has 0 atom stereocenters. The molecule has 0 amide bonds. The Morgan fingerprint density at radius 1 is 1.00 bits per heavy atom. The van der Waals surface area contributed by atoms with Crippen LogP contribution in [0.3, 0.4) is 0 Å². The molecule has 0 aliphatic rings. The Labute approximate surface area is 90.5 Å². The van der Waals surface area contributed by atoms with E-state index < -0.39 is 13.4 Å². The monoisotopic (exact) mass is 283 g/mol. The fourth-order valence-electron chi connectivity index (χ4n) is 0. The first kappa shape index (κ1) is 41.9. The summed E-state index contributed by atoms with van der Waals surface area (Å²) in [5.74, 6) is 0. The average molecular weight is 284 g/mol. The topological polar surface area (TPSA) is 80.3 Å². The van der Waals surface area contributed by atoms with Crippen molar-refractivity contribution in [2.45, 2.75) is 0 Å². The van der Waals surface area contributed by atoms with E-state index in [2.05, 4.69) is 0 Å². The molecule has 0 aromatic carbocycles. The van der Waals surface area contributed by atoms with E-state index in [1.54, 1.807) is 0 Å². The Hall–Kier alpha value is 1.50. The van der Waals surface area contributed by atoms with Crippen molar-refractivity contribution in [2.75, 3.05) is 0 Å². The number of halogens is 2. The van der Waals surface area contributed by atoms with Crippen LogP contribution in [0.2, 0.25) is 0 Å². The van der Waals surface area contributed by atoms with Crippen LogP contribution >= 0.6 is 0 Å². The second kappa shape index (κ2) is 16.8. The predicted octanol–water partition coefficient (Wildman–Crippen LogP) is -5.31. The van der Waals surface area contributed by atoms with Crippen LogP contribution in [0.15, 0.2) is 0 Å². The Morgan fingerprint density at radius 2 is 1.00 bits per heavy atom. The normalized spacial score (nSPS) is 5.80. The van der Waals surface area contributed by atoms with Gasteiger partial charge in [0.25, 0.3) is 0 Å². The Kier molecular flexibility index (Phi) is 70.6. The third-order valence-electron chi connectivity index (χ3n) is 0. The van der Waals surface area contributed by atoms with Crippen molar-refractivity contribution >= 4 is 0 Å². The van der Waals surface area contributed by atoms with Gasteiger partial charge in [-0.3, -0.25) is 9.41 Å². The Bertz CT molecular complexity index is 106. The van der Waals surface area contributed by atoms with E-state index in [9.17, 15) is 0 Å². The summed E-state index contributed by atoms with van der Waals surface area (Å²) in [4.78, 5) is 0. The van der Waals surface area contributed by atoms with Gasteiger partial charge in [0, 0.05) is 0 Å². The van der Waals surface area contributed by atoms with Crippen LogP contribution in [-0.2, 0) is 54.3 Å². The fraction of sp³-hybridized carbons (Fsp3) is 0. The first-order valence-electron chi connectivity index (χ1n) is 0.617. The Morgan fingerprint density at radius 3 is 1.00 bits per heavy atom. The third-order valence-corrected chi connectivity index (χ3v) is 0. The van der Waals surface area contributed by atoms with Gasteiger partial charge in [0.05, 0.1) is 0 Å². The Balaban J connectivity index is -0.00000000800. The van der Waals surface area contributed by atoms with Crippen LogP contribution < -0.4 is 27.2 Å². The van der Waals surface area contributed by atoms with Crippen molar-refractivity contribution < 1.29 is 91.0 Å².